The second kappa shape index (κ2) is 6.77. The fourth-order valence-corrected chi connectivity index (χ4v) is 2.54. The van der Waals surface area contributed by atoms with Gasteiger partial charge in [-0.3, -0.25) is 4.79 Å². The quantitative estimate of drug-likeness (QED) is 0.836. The van der Waals surface area contributed by atoms with E-state index >= 15 is 0 Å². The molecule has 0 radical (unpaired) electrons. The second-order valence-electron chi connectivity index (χ2n) is 4.21. The van der Waals surface area contributed by atoms with Gasteiger partial charge < -0.3 is 5.32 Å². The molecule has 104 valence electrons. The lowest BCUT2D eigenvalue weighted by Crippen LogP contribution is -2.22. The summed E-state index contributed by atoms with van der Waals surface area (Å²) in [7, 11) is 0. The van der Waals surface area contributed by atoms with Gasteiger partial charge in [-0.2, -0.15) is 0 Å². The third-order valence-corrected chi connectivity index (χ3v) is 3.97. The van der Waals surface area contributed by atoms with E-state index in [1.807, 2.05) is 19.1 Å². The number of carbonyl (C=O) groups is 1. The normalized spacial score (nSPS) is 11.9. The minimum atomic E-state index is -0.327. The summed E-state index contributed by atoms with van der Waals surface area (Å²) in [5.41, 5.74) is 0.583. The number of hydrogen-bond donors (Lipinski definition) is 1. The number of anilines is 1. The van der Waals surface area contributed by atoms with E-state index in [1.165, 1.54) is 36.0 Å². The zero-order valence-electron chi connectivity index (χ0n) is 10.8. The largest absolute Gasteiger partial charge is 0.325 e. The maximum atomic E-state index is 12.8. The van der Waals surface area contributed by atoms with Gasteiger partial charge in [0.2, 0.25) is 5.91 Å². The van der Waals surface area contributed by atoms with Crippen LogP contribution >= 0.6 is 23.4 Å². The highest BCUT2D eigenvalue weighted by molar-refractivity contribution is 8.00. The number of carbonyl (C=O) groups excluding carboxylic acids is 1. The lowest BCUT2D eigenvalue weighted by Gasteiger charge is -2.12. The molecule has 0 fully saturated rings. The van der Waals surface area contributed by atoms with E-state index in [2.05, 4.69) is 5.32 Å². The van der Waals surface area contributed by atoms with E-state index in [0.717, 1.165) is 4.90 Å². The molecule has 0 aliphatic heterocycles. The molecule has 0 spiro atoms. The summed E-state index contributed by atoms with van der Waals surface area (Å²) in [5, 5.41) is 3.15. The molecule has 0 heterocycles. The zero-order valence-corrected chi connectivity index (χ0v) is 12.3. The standard InChI is InChI=1S/C15H13ClFNOS/c1-10(20-14-8-2-11(16)3-9-14)15(19)18-13-6-4-12(17)5-7-13/h2-10H,1H3,(H,18,19). The number of benzene rings is 2. The smallest absolute Gasteiger partial charge is 0.237 e. The third-order valence-electron chi connectivity index (χ3n) is 2.61. The molecule has 0 saturated carbocycles. The van der Waals surface area contributed by atoms with Crippen molar-refractivity contribution in [3.63, 3.8) is 0 Å². The fourth-order valence-electron chi connectivity index (χ4n) is 1.55. The maximum absolute atomic E-state index is 12.8. The molecule has 2 aromatic carbocycles. The molecule has 1 amide bonds. The third kappa shape index (κ3) is 4.25. The van der Waals surface area contributed by atoms with Crippen molar-refractivity contribution >= 4 is 35.0 Å². The zero-order chi connectivity index (χ0) is 14.5. The summed E-state index contributed by atoms with van der Waals surface area (Å²) in [6.45, 7) is 1.82. The molecule has 0 aliphatic rings. The summed E-state index contributed by atoms with van der Waals surface area (Å²) < 4.78 is 12.8. The summed E-state index contributed by atoms with van der Waals surface area (Å²) >= 11 is 7.25. The van der Waals surface area contributed by atoms with E-state index in [-0.39, 0.29) is 17.0 Å². The van der Waals surface area contributed by atoms with Crippen LogP contribution in [0.1, 0.15) is 6.92 Å². The van der Waals surface area contributed by atoms with Crippen LogP contribution in [-0.4, -0.2) is 11.2 Å². The Labute approximate surface area is 126 Å². The molecule has 0 saturated heterocycles. The molecule has 2 rings (SSSR count). The van der Waals surface area contributed by atoms with E-state index in [9.17, 15) is 9.18 Å². The molecule has 1 atom stereocenters. The van der Waals surface area contributed by atoms with Crippen molar-refractivity contribution in [1.82, 2.24) is 0 Å². The van der Waals surface area contributed by atoms with Crippen LogP contribution in [0.25, 0.3) is 0 Å². The summed E-state index contributed by atoms with van der Waals surface area (Å²) in [5.74, 6) is -0.455. The van der Waals surface area contributed by atoms with Crippen LogP contribution < -0.4 is 5.32 Å². The Morgan fingerprint density at radius 2 is 1.75 bits per heavy atom. The highest BCUT2D eigenvalue weighted by Gasteiger charge is 2.14. The van der Waals surface area contributed by atoms with Crippen molar-refractivity contribution in [1.29, 1.82) is 0 Å². The van der Waals surface area contributed by atoms with Gasteiger partial charge in [0, 0.05) is 15.6 Å². The van der Waals surface area contributed by atoms with Crippen molar-refractivity contribution in [2.45, 2.75) is 17.1 Å². The van der Waals surface area contributed by atoms with Crippen LogP contribution in [0.2, 0.25) is 5.02 Å². The number of hydrogen-bond acceptors (Lipinski definition) is 2. The first-order valence-corrected chi connectivity index (χ1v) is 7.29. The summed E-state index contributed by atoms with van der Waals surface area (Å²) in [6, 6.07) is 13.0. The molecule has 0 aromatic heterocycles. The topological polar surface area (TPSA) is 29.1 Å². The molecule has 2 nitrogen and oxygen atoms in total. The van der Waals surface area contributed by atoms with Crippen molar-refractivity contribution < 1.29 is 9.18 Å². The monoisotopic (exact) mass is 309 g/mol. The first-order chi connectivity index (χ1) is 9.54. The van der Waals surface area contributed by atoms with Crippen LogP contribution in [0.5, 0.6) is 0 Å². The van der Waals surface area contributed by atoms with E-state index < -0.39 is 0 Å². The van der Waals surface area contributed by atoms with Gasteiger partial charge in [0.15, 0.2) is 0 Å². The van der Waals surface area contributed by atoms with Crippen LogP contribution in [0.15, 0.2) is 53.4 Å². The van der Waals surface area contributed by atoms with Crippen LogP contribution in [0.3, 0.4) is 0 Å². The Morgan fingerprint density at radius 3 is 2.35 bits per heavy atom. The Morgan fingerprint density at radius 1 is 1.15 bits per heavy atom. The van der Waals surface area contributed by atoms with Gasteiger partial charge in [-0.15, -0.1) is 11.8 Å². The number of rotatable bonds is 4. The van der Waals surface area contributed by atoms with E-state index in [0.29, 0.717) is 10.7 Å². The Bertz CT molecular complexity index is 586. The van der Waals surface area contributed by atoms with Gasteiger partial charge in [-0.1, -0.05) is 11.6 Å². The van der Waals surface area contributed by atoms with Gasteiger partial charge in [-0.25, -0.2) is 4.39 Å². The van der Waals surface area contributed by atoms with Gasteiger partial charge in [0.05, 0.1) is 5.25 Å². The molecule has 1 N–H and O–H groups in total. The van der Waals surface area contributed by atoms with Crippen molar-refractivity contribution in [3.8, 4) is 0 Å². The Balaban J connectivity index is 1.94. The first kappa shape index (κ1) is 14.9. The van der Waals surface area contributed by atoms with Crippen molar-refractivity contribution in [3.05, 3.63) is 59.4 Å². The molecule has 20 heavy (non-hydrogen) atoms. The van der Waals surface area contributed by atoms with Crippen LogP contribution in [0, 0.1) is 5.82 Å². The molecular formula is C15H13ClFNOS. The maximum Gasteiger partial charge on any atom is 0.237 e. The predicted molar refractivity (Wildman–Crippen MR) is 81.8 cm³/mol. The van der Waals surface area contributed by atoms with E-state index in [4.69, 9.17) is 11.6 Å². The predicted octanol–water partition coefficient (Wildman–Crippen LogP) is 4.60. The molecular weight excluding hydrogens is 297 g/mol. The number of amides is 1. The van der Waals surface area contributed by atoms with Gasteiger partial charge in [0.25, 0.3) is 0 Å². The number of halogens is 2. The molecule has 0 aliphatic carbocycles. The minimum Gasteiger partial charge on any atom is -0.325 e. The highest BCUT2D eigenvalue weighted by atomic mass is 35.5. The molecule has 2 aromatic rings. The number of thioether (sulfide) groups is 1. The average Bonchev–Trinajstić information content (AvgIpc) is 2.44. The average molecular weight is 310 g/mol. The summed E-state index contributed by atoms with van der Waals surface area (Å²) in [4.78, 5) is 13.0. The van der Waals surface area contributed by atoms with Crippen LogP contribution in [0.4, 0.5) is 10.1 Å². The van der Waals surface area contributed by atoms with Gasteiger partial charge in [0.1, 0.15) is 5.82 Å². The summed E-state index contributed by atoms with van der Waals surface area (Å²) in [6.07, 6.45) is 0. The lowest BCUT2D eigenvalue weighted by molar-refractivity contribution is -0.115. The highest BCUT2D eigenvalue weighted by Crippen LogP contribution is 2.25. The minimum absolute atomic E-state index is 0.128. The second-order valence-corrected chi connectivity index (χ2v) is 6.06. The SMILES string of the molecule is CC(Sc1ccc(Cl)cc1)C(=O)Nc1ccc(F)cc1. The van der Waals surface area contributed by atoms with E-state index in [1.54, 1.807) is 12.1 Å². The van der Waals surface area contributed by atoms with Crippen molar-refractivity contribution in [2.24, 2.45) is 0 Å². The lowest BCUT2D eigenvalue weighted by atomic mass is 10.3. The Kier molecular flexibility index (Phi) is 5.04. The molecule has 1 unspecified atom stereocenters. The van der Waals surface area contributed by atoms with Crippen LogP contribution in [-0.2, 0) is 4.79 Å². The molecule has 5 heteroatoms. The first-order valence-electron chi connectivity index (χ1n) is 6.03. The molecule has 0 bridgehead atoms. The van der Waals surface area contributed by atoms with Gasteiger partial charge in [-0.05, 0) is 55.5 Å². The fraction of sp³-hybridized carbons (Fsp3) is 0.133. The van der Waals surface area contributed by atoms with Gasteiger partial charge >= 0.3 is 0 Å². The number of nitrogens with one attached hydrogen (secondary N) is 1. The Hall–Kier alpha value is -1.52. The van der Waals surface area contributed by atoms with Crippen molar-refractivity contribution in [2.75, 3.05) is 5.32 Å².